The van der Waals surface area contributed by atoms with Gasteiger partial charge < -0.3 is 32.3 Å². The van der Waals surface area contributed by atoms with Gasteiger partial charge in [-0.25, -0.2) is 0 Å². The summed E-state index contributed by atoms with van der Waals surface area (Å²) in [6.07, 6.45) is 6.49. The normalized spacial score (nSPS) is 17.3. The molecule has 49 heavy (non-hydrogen) atoms. The Bertz CT molecular complexity index is 1300. The molecule has 284 valence electrons. The summed E-state index contributed by atoms with van der Waals surface area (Å²) < 4.78 is 58.8. The third-order valence-corrected chi connectivity index (χ3v) is 10.8. The van der Waals surface area contributed by atoms with E-state index in [1.165, 1.54) is 38.2 Å². The molecule has 0 fully saturated rings. The number of hydrogen-bond acceptors (Lipinski definition) is 11. The van der Waals surface area contributed by atoms with E-state index in [1.807, 2.05) is 0 Å². The van der Waals surface area contributed by atoms with Crippen molar-refractivity contribution in [3.63, 3.8) is 0 Å². The molecule has 22 heteroatoms. The van der Waals surface area contributed by atoms with Crippen molar-refractivity contribution in [3.8, 4) is 0 Å². The second-order valence-corrected chi connectivity index (χ2v) is 19.0. The lowest BCUT2D eigenvalue weighted by atomic mass is 10.1. The highest BCUT2D eigenvalue weighted by Gasteiger charge is 2.32. The molecule has 0 saturated heterocycles. The van der Waals surface area contributed by atoms with Gasteiger partial charge in [0, 0.05) is 121 Å². The van der Waals surface area contributed by atoms with E-state index in [2.05, 4.69) is 26.6 Å². The van der Waals surface area contributed by atoms with Crippen molar-refractivity contribution in [1.29, 1.82) is 0 Å². The summed E-state index contributed by atoms with van der Waals surface area (Å²) >= 11 is 0. The zero-order valence-electron chi connectivity index (χ0n) is 28.6. The lowest BCUT2D eigenvalue weighted by molar-refractivity contribution is -0.135. The van der Waals surface area contributed by atoms with E-state index in [1.54, 1.807) is 0 Å². The van der Waals surface area contributed by atoms with Crippen molar-refractivity contribution >= 4 is 89.4 Å². The van der Waals surface area contributed by atoms with Crippen molar-refractivity contribution in [3.05, 3.63) is 0 Å². The maximum Gasteiger partial charge on any atom is 0.243 e. The highest BCUT2D eigenvalue weighted by atomic mass is 32.2. The number of carbonyl (C=O) groups is 6. The first kappa shape index (κ1) is 46.6. The van der Waals surface area contributed by atoms with E-state index in [0.29, 0.717) is 0 Å². The standard InChI is InChI=1S/C27H50N6O11S5/c1-17(34)29-19(8-13-46(3)41)24(36)31-21(10-15-48(5)43)26(38)33-22(11-16-49(6)44)27(39)32-20(9-14-47(4)42)25(37)30-18(23(28)35)7-12-45(2)40/h18-22H,7-16H2,1-6H3,(H2,28,35)(H,29,34)(H,30,37)(H,31,36)(H,32,39)(H,33,38)/t18-,19+,20-,21-,22+,45?,46?,47?,48?,49?/m0/s1. The average molecular weight is 795 g/mol. The van der Waals surface area contributed by atoms with E-state index in [0.717, 1.165) is 0 Å². The average Bonchev–Trinajstić information content (AvgIpc) is 2.98. The number of amides is 6. The molecule has 0 heterocycles. The van der Waals surface area contributed by atoms with Crippen LogP contribution in [0.2, 0.25) is 0 Å². The van der Waals surface area contributed by atoms with E-state index >= 15 is 0 Å². The second kappa shape index (κ2) is 24.7. The molecule has 0 aromatic carbocycles. The SMILES string of the molecule is CC(=O)N[C@H](CCS(C)=O)C(=O)N[C@@H](CCS(C)=O)C(=O)N[C@H](CCS(C)=O)C(=O)N[C@@H](CCS(C)=O)C(=O)N[C@@H](CCS(C)=O)C(N)=O. The first-order chi connectivity index (χ1) is 22.7. The molecule has 0 aliphatic rings. The highest BCUT2D eigenvalue weighted by molar-refractivity contribution is 7.85. The fourth-order valence-corrected chi connectivity index (χ4v) is 6.95. The Labute approximate surface area is 299 Å². The van der Waals surface area contributed by atoms with Crippen LogP contribution in [0, 0.1) is 0 Å². The molecular formula is C27H50N6O11S5. The minimum Gasteiger partial charge on any atom is -0.368 e. The van der Waals surface area contributed by atoms with E-state index in [4.69, 9.17) is 5.73 Å². The zero-order valence-corrected chi connectivity index (χ0v) is 32.6. The van der Waals surface area contributed by atoms with Gasteiger partial charge in [-0.2, -0.15) is 0 Å². The van der Waals surface area contributed by atoms with Gasteiger partial charge in [-0.3, -0.25) is 49.8 Å². The Hall–Kier alpha value is -2.43. The first-order valence-corrected chi connectivity index (χ1v) is 23.6. The van der Waals surface area contributed by atoms with Crippen LogP contribution in [0.5, 0.6) is 0 Å². The molecule has 0 aliphatic carbocycles. The zero-order chi connectivity index (χ0) is 37.8. The molecule has 0 bridgehead atoms. The number of carbonyl (C=O) groups excluding carboxylic acids is 6. The van der Waals surface area contributed by atoms with E-state index in [9.17, 15) is 49.8 Å². The fourth-order valence-electron chi connectivity index (χ4n) is 4.11. The molecule has 0 spiro atoms. The van der Waals surface area contributed by atoms with Gasteiger partial charge in [0.2, 0.25) is 35.4 Å². The predicted molar refractivity (Wildman–Crippen MR) is 192 cm³/mol. The van der Waals surface area contributed by atoms with Crippen molar-refractivity contribution in [1.82, 2.24) is 26.6 Å². The van der Waals surface area contributed by atoms with Crippen LogP contribution in [0.3, 0.4) is 0 Å². The molecule has 0 aliphatic heterocycles. The number of nitrogens with two attached hydrogens (primary N) is 1. The maximum absolute atomic E-state index is 13.6. The largest absolute Gasteiger partial charge is 0.368 e. The maximum atomic E-state index is 13.6. The lowest BCUT2D eigenvalue weighted by Gasteiger charge is -2.27. The highest BCUT2D eigenvalue weighted by Crippen LogP contribution is 2.06. The second-order valence-electron chi connectivity index (χ2n) is 11.2. The molecule has 5 unspecified atom stereocenters. The molecule has 10 atom stereocenters. The van der Waals surface area contributed by atoms with Crippen LogP contribution >= 0.6 is 0 Å². The minimum absolute atomic E-state index is 0.00513. The fraction of sp³-hybridized carbons (Fsp3) is 0.778. The number of primary amides is 1. The lowest BCUT2D eigenvalue weighted by Crippen LogP contribution is -2.59. The molecule has 0 rings (SSSR count). The molecular weight excluding hydrogens is 745 g/mol. The van der Waals surface area contributed by atoms with Crippen LogP contribution in [0.25, 0.3) is 0 Å². The van der Waals surface area contributed by atoms with Crippen molar-refractivity contribution < 1.29 is 49.8 Å². The topological polar surface area (TPSA) is 274 Å². The first-order valence-electron chi connectivity index (χ1n) is 15.0. The summed E-state index contributed by atoms with van der Waals surface area (Å²) in [7, 11) is -6.78. The molecule has 0 aromatic rings. The number of hydrogen-bond donors (Lipinski definition) is 6. The summed E-state index contributed by atoms with van der Waals surface area (Å²) in [5, 5.41) is 12.3. The number of rotatable bonds is 25. The summed E-state index contributed by atoms with van der Waals surface area (Å²) in [5.41, 5.74) is 5.40. The third-order valence-electron chi connectivity index (χ3n) is 6.72. The van der Waals surface area contributed by atoms with Gasteiger partial charge in [0.25, 0.3) is 0 Å². The predicted octanol–water partition coefficient (Wildman–Crippen LogP) is -4.24. The third kappa shape index (κ3) is 22.1. The molecule has 0 saturated carbocycles. The summed E-state index contributed by atoms with van der Waals surface area (Å²) in [5.74, 6) is -4.82. The van der Waals surface area contributed by atoms with Gasteiger partial charge in [0.1, 0.15) is 30.2 Å². The van der Waals surface area contributed by atoms with Gasteiger partial charge in [-0.1, -0.05) is 0 Å². The Morgan fingerprint density at radius 3 is 0.837 bits per heavy atom. The van der Waals surface area contributed by atoms with Crippen LogP contribution in [-0.4, -0.2) is 147 Å². The van der Waals surface area contributed by atoms with Gasteiger partial charge >= 0.3 is 0 Å². The molecule has 0 radical (unpaired) electrons. The Kier molecular flexibility index (Phi) is 23.5. The van der Waals surface area contributed by atoms with Gasteiger partial charge in [0.05, 0.1) is 0 Å². The summed E-state index contributed by atoms with van der Waals surface area (Å²) in [4.78, 5) is 77.1. The monoisotopic (exact) mass is 794 g/mol. The van der Waals surface area contributed by atoms with Gasteiger partial charge in [0.15, 0.2) is 0 Å². The smallest absolute Gasteiger partial charge is 0.243 e. The van der Waals surface area contributed by atoms with Crippen LogP contribution in [-0.2, 0) is 82.8 Å². The van der Waals surface area contributed by atoms with Gasteiger partial charge in [-0.15, -0.1) is 0 Å². The summed E-state index contributed by atoms with van der Waals surface area (Å²) in [6, 6.07) is -6.45. The van der Waals surface area contributed by atoms with Crippen LogP contribution in [0.4, 0.5) is 0 Å². The van der Waals surface area contributed by atoms with Gasteiger partial charge in [-0.05, 0) is 32.1 Å². The van der Waals surface area contributed by atoms with Crippen molar-refractivity contribution in [2.75, 3.05) is 60.0 Å². The van der Waals surface area contributed by atoms with Crippen LogP contribution < -0.4 is 32.3 Å². The van der Waals surface area contributed by atoms with E-state index < -0.39 is 120 Å². The quantitative estimate of drug-likeness (QED) is 0.0515. The molecule has 17 nitrogen and oxygen atoms in total. The minimum atomic E-state index is -1.42. The Morgan fingerprint density at radius 1 is 0.429 bits per heavy atom. The Balaban J connectivity index is 6.26. The van der Waals surface area contributed by atoms with Crippen LogP contribution in [0.1, 0.15) is 39.0 Å². The van der Waals surface area contributed by atoms with Crippen molar-refractivity contribution in [2.45, 2.75) is 69.2 Å². The van der Waals surface area contributed by atoms with Crippen LogP contribution in [0.15, 0.2) is 0 Å². The molecule has 7 N–H and O–H groups in total. The number of nitrogens with one attached hydrogen (secondary N) is 5. The molecule has 0 aromatic heterocycles. The molecule has 6 amide bonds. The Morgan fingerprint density at radius 2 is 0.633 bits per heavy atom. The van der Waals surface area contributed by atoms with E-state index in [-0.39, 0.29) is 60.9 Å². The van der Waals surface area contributed by atoms with Crippen molar-refractivity contribution in [2.24, 2.45) is 5.73 Å². The summed E-state index contributed by atoms with van der Waals surface area (Å²) in [6.45, 7) is 1.18.